The Morgan fingerprint density at radius 1 is 1.30 bits per heavy atom. The summed E-state index contributed by atoms with van der Waals surface area (Å²) in [6.07, 6.45) is 3.25. The van der Waals surface area contributed by atoms with Crippen molar-refractivity contribution in [2.24, 2.45) is 0 Å². The van der Waals surface area contributed by atoms with Gasteiger partial charge in [0, 0.05) is 32.1 Å². The van der Waals surface area contributed by atoms with Crippen LogP contribution >= 0.6 is 0 Å². The summed E-state index contributed by atoms with van der Waals surface area (Å²) in [5.74, 6) is 0.160. The van der Waals surface area contributed by atoms with Crippen molar-refractivity contribution in [1.29, 1.82) is 0 Å². The van der Waals surface area contributed by atoms with Crippen LogP contribution < -0.4 is 10.6 Å². The fraction of sp³-hybridized carbons (Fsp3) is 0.556. The van der Waals surface area contributed by atoms with Crippen molar-refractivity contribution in [3.05, 3.63) is 35.4 Å². The first-order valence-corrected chi connectivity index (χ1v) is 8.46. The average molecular weight is 317 g/mol. The summed E-state index contributed by atoms with van der Waals surface area (Å²) in [6.45, 7) is 6.00. The molecule has 0 spiro atoms. The van der Waals surface area contributed by atoms with E-state index in [0.29, 0.717) is 19.5 Å². The van der Waals surface area contributed by atoms with Gasteiger partial charge in [-0.3, -0.25) is 4.79 Å². The molecule has 0 saturated carbocycles. The number of benzene rings is 1. The Hall–Kier alpha value is -2.04. The maximum atomic E-state index is 11.9. The van der Waals surface area contributed by atoms with Gasteiger partial charge in [0.05, 0.1) is 0 Å². The van der Waals surface area contributed by atoms with E-state index < -0.39 is 0 Å². The van der Waals surface area contributed by atoms with Crippen LogP contribution in [-0.2, 0) is 11.2 Å². The first-order chi connectivity index (χ1) is 11.1. The molecule has 1 aliphatic heterocycles. The summed E-state index contributed by atoms with van der Waals surface area (Å²) < 4.78 is 0. The van der Waals surface area contributed by atoms with Crippen LogP contribution in [0.4, 0.5) is 4.79 Å². The highest BCUT2D eigenvalue weighted by Crippen LogP contribution is 2.11. The predicted octanol–water partition coefficient (Wildman–Crippen LogP) is 2.24. The summed E-state index contributed by atoms with van der Waals surface area (Å²) in [6, 6.07) is 8.27. The molecule has 5 nitrogen and oxygen atoms in total. The van der Waals surface area contributed by atoms with Crippen LogP contribution in [0.5, 0.6) is 0 Å². The van der Waals surface area contributed by atoms with Crippen molar-refractivity contribution >= 4 is 11.9 Å². The van der Waals surface area contributed by atoms with E-state index in [9.17, 15) is 9.59 Å². The monoisotopic (exact) mass is 317 g/mol. The molecule has 2 rings (SSSR count). The molecule has 3 amide bonds. The van der Waals surface area contributed by atoms with Gasteiger partial charge in [-0.05, 0) is 37.3 Å². The van der Waals surface area contributed by atoms with Crippen LogP contribution in [-0.4, -0.2) is 42.5 Å². The Morgan fingerprint density at radius 2 is 2.09 bits per heavy atom. The Bertz CT molecular complexity index is 545. The lowest BCUT2D eigenvalue weighted by molar-refractivity contribution is -0.129. The second-order valence-corrected chi connectivity index (χ2v) is 6.11. The number of aryl methyl sites for hydroxylation is 2. The number of carbonyl (C=O) groups excluding carboxylic acids is 2. The third-order valence-electron chi connectivity index (χ3n) is 4.35. The smallest absolute Gasteiger partial charge is 0.315 e. The minimum absolute atomic E-state index is 0.0712. The fourth-order valence-corrected chi connectivity index (χ4v) is 2.94. The Kier molecular flexibility index (Phi) is 6.44. The predicted molar refractivity (Wildman–Crippen MR) is 91.3 cm³/mol. The first-order valence-electron chi connectivity index (χ1n) is 8.46. The minimum Gasteiger partial charge on any atom is -0.341 e. The Balaban J connectivity index is 1.62. The normalized spacial score (nSPS) is 17.1. The molecule has 0 aromatic heterocycles. The molecule has 2 N–H and O–H groups in total. The third-order valence-corrected chi connectivity index (χ3v) is 4.35. The summed E-state index contributed by atoms with van der Waals surface area (Å²) in [5.41, 5.74) is 2.63. The summed E-state index contributed by atoms with van der Waals surface area (Å²) >= 11 is 0. The van der Waals surface area contributed by atoms with Crippen LogP contribution in [0.15, 0.2) is 24.3 Å². The molecule has 1 atom stereocenters. The molecule has 5 heteroatoms. The quantitative estimate of drug-likeness (QED) is 0.791. The van der Waals surface area contributed by atoms with E-state index in [0.717, 1.165) is 25.8 Å². The second kappa shape index (κ2) is 8.56. The van der Waals surface area contributed by atoms with E-state index in [-0.39, 0.29) is 18.0 Å². The molecular weight excluding hydrogens is 290 g/mol. The van der Waals surface area contributed by atoms with Gasteiger partial charge in [0.2, 0.25) is 5.91 Å². The van der Waals surface area contributed by atoms with Crippen LogP contribution in [0, 0.1) is 6.92 Å². The molecule has 1 aliphatic rings. The zero-order chi connectivity index (χ0) is 16.7. The van der Waals surface area contributed by atoms with Crippen molar-refractivity contribution in [2.75, 3.05) is 19.6 Å². The number of carbonyl (C=O) groups is 2. The molecule has 0 aliphatic carbocycles. The van der Waals surface area contributed by atoms with Crippen LogP contribution in [0.1, 0.15) is 37.3 Å². The van der Waals surface area contributed by atoms with Crippen molar-refractivity contribution in [3.8, 4) is 0 Å². The van der Waals surface area contributed by atoms with E-state index in [1.807, 2.05) is 24.0 Å². The molecule has 0 bridgehead atoms. The van der Waals surface area contributed by atoms with E-state index in [4.69, 9.17) is 0 Å². The van der Waals surface area contributed by atoms with Crippen molar-refractivity contribution in [3.63, 3.8) is 0 Å². The van der Waals surface area contributed by atoms with E-state index in [1.54, 1.807) is 0 Å². The van der Waals surface area contributed by atoms with Crippen LogP contribution in [0.25, 0.3) is 0 Å². The number of hydrogen-bond donors (Lipinski definition) is 2. The van der Waals surface area contributed by atoms with Gasteiger partial charge in [0.1, 0.15) is 0 Å². The molecule has 0 radical (unpaired) electrons. The molecule has 1 aromatic rings. The van der Waals surface area contributed by atoms with Gasteiger partial charge in [-0.25, -0.2) is 4.79 Å². The Morgan fingerprint density at radius 3 is 2.83 bits per heavy atom. The maximum absolute atomic E-state index is 11.9. The summed E-state index contributed by atoms with van der Waals surface area (Å²) in [5, 5.41) is 5.86. The maximum Gasteiger partial charge on any atom is 0.315 e. The average Bonchev–Trinajstić information content (AvgIpc) is 3.00. The number of rotatable bonds is 6. The molecule has 1 saturated heterocycles. The van der Waals surface area contributed by atoms with Gasteiger partial charge in [-0.15, -0.1) is 0 Å². The minimum atomic E-state index is -0.134. The fourth-order valence-electron chi connectivity index (χ4n) is 2.94. The largest absolute Gasteiger partial charge is 0.341 e. The molecule has 1 fully saturated rings. The molecule has 1 aromatic carbocycles. The van der Waals surface area contributed by atoms with Gasteiger partial charge in [-0.2, -0.15) is 0 Å². The SMILES string of the molecule is CCC(=O)N1CCC(NC(=O)NCCCc2ccccc2C)C1. The number of hydrogen-bond acceptors (Lipinski definition) is 2. The highest BCUT2D eigenvalue weighted by atomic mass is 16.2. The van der Waals surface area contributed by atoms with Crippen molar-refractivity contribution in [2.45, 2.75) is 45.6 Å². The lowest BCUT2D eigenvalue weighted by Crippen LogP contribution is -2.44. The molecule has 1 heterocycles. The number of nitrogens with zero attached hydrogens (tertiary/aromatic N) is 1. The lowest BCUT2D eigenvalue weighted by Gasteiger charge is -2.16. The van der Waals surface area contributed by atoms with Crippen LogP contribution in [0.3, 0.4) is 0 Å². The molecule has 126 valence electrons. The summed E-state index contributed by atoms with van der Waals surface area (Å²) in [4.78, 5) is 25.3. The van der Waals surface area contributed by atoms with E-state index >= 15 is 0 Å². The van der Waals surface area contributed by atoms with Gasteiger partial charge in [0.25, 0.3) is 0 Å². The van der Waals surface area contributed by atoms with Gasteiger partial charge in [0.15, 0.2) is 0 Å². The summed E-state index contributed by atoms with van der Waals surface area (Å²) in [7, 11) is 0. The topological polar surface area (TPSA) is 61.4 Å². The Labute approximate surface area is 138 Å². The van der Waals surface area contributed by atoms with Gasteiger partial charge in [-0.1, -0.05) is 31.2 Å². The first kappa shape index (κ1) is 17.3. The van der Waals surface area contributed by atoms with Crippen molar-refractivity contribution < 1.29 is 9.59 Å². The molecular formula is C18H27N3O2. The number of nitrogens with one attached hydrogen (secondary N) is 2. The van der Waals surface area contributed by atoms with Gasteiger partial charge < -0.3 is 15.5 Å². The van der Waals surface area contributed by atoms with E-state index in [2.05, 4.69) is 29.7 Å². The zero-order valence-corrected chi connectivity index (χ0v) is 14.1. The second-order valence-electron chi connectivity index (χ2n) is 6.11. The van der Waals surface area contributed by atoms with Crippen molar-refractivity contribution in [1.82, 2.24) is 15.5 Å². The van der Waals surface area contributed by atoms with Gasteiger partial charge >= 0.3 is 6.03 Å². The van der Waals surface area contributed by atoms with E-state index in [1.165, 1.54) is 11.1 Å². The number of likely N-dealkylation sites (tertiary alicyclic amines) is 1. The number of urea groups is 1. The van der Waals surface area contributed by atoms with Crippen LogP contribution in [0.2, 0.25) is 0 Å². The number of amides is 3. The molecule has 23 heavy (non-hydrogen) atoms. The lowest BCUT2D eigenvalue weighted by atomic mass is 10.0. The highest BCUT2D eigenvalue weighted by molar-refractivity contribution is 5.77. The third kappa shape index (κ3) is 5.27. The highest BCUT2D eigenvalue weighted by Gasteiger charge is 2.26. The zero-order valence-electron chi connectivity index (χ0n) is 14.1. The molecule has 1 unspecified atom stereocenters. The standard InChI is InChI=1S/C18H27N3O2/c1-3-17(22)21-12-10-16(13-21)20-18(23)19-11-6-9-15-8-5-4-7-14(15)2/h4-5,7-8,16H,3,6,9-13H2,1-2H3,(H2,19,20,23).